The molecule has 0 fully saturated rings. The summed E-state index contributed by atoms with van der Waals surface area (Å²) in [6.07, 6.45) is 1.21. The van der Waals surface area contributed by atoms with E-state index >= 15 is 0 Å². The van der Waals surface area contributed by atoms with Crippen LogP contribution in [0.2, 0.25) is 5.02 Å². The summed E-state index contributed by atoms with van der Waals surface area (Å²) in [7, 11) is 0. The fraction of sp³-hybridized carbons (Fsp3) is 0.250. The van der Waals surface area contributed by atoms with Crippen molar-refractivity contribution in [3.05, 3.63) is 61.4 Å². The van der Waals surface area contributed by atoms with Crippen LogP contribution in [0, 0.1) is 11.3 Å². The largest absolute Gasteiger partial charge is 0.331 e. The van der Waals surface area contributed by atoms with Crippen LogP contribution >= 0.6 is 11.6 Å². The smallest absolute Gasteiger partial charge is 0.324 e. The number of nitrogens with one attached hydrogen (secondary N) is 1. The van der Waals surface area contributed by atoms with Gasteiger partial charge in [0.25, 0.3) is 5.56 Å². The van der Waals surface area contributed by atoms with Gasteiger partial charge in [-0.05, 0) is 31.0 Å². The first kappa shape index (κ1) is 16.0. The summed E-state index contributed by atoms with van der Waals surface area (Å²) in [6, 6.07) is 8.38. The van der Waals surface area contributed by atoms with Crippen LogP contribution in [-0.2, 0) is 24.3 Å². The van der Waals surface area contributed by atoms with E-state index in [1.807, 2.05) is 6.07 Å². The monoisotopic (exact) mass is 344 g/mol. The molecule has 0 bridgehead atoms. The first-order valence-electron chi connectivity index (χ1n) is 7.33. The molecule has 0 atom stereocenters. The van der Waals surface area contributed by atoms with Crippen molar-refractivity contribution in [3.63, 3.8) is 0 Å². The molecule has 122 valence electrons. The van der Waals surface area contributed by atoms with Gasteiger partial charge in [0.05, 0.1) is 0 Å². The van der Waals surface area contributed by atoms with Crippen molar-refractivity contribution in [2.75, 3.05) is 5.32 Å². The van der Waals surface area contributed by atoms with Crippen molar-refractivity contribution in [3.8, 4) is 6.07 Å². The molecule has 1 aromatic heterocycles. The third-order valence-electron chi connectivity index (χ3n) is 3.85. The number of rotatable bonds is 3. The number of nitriles is 1. The van der Waals surface area contributed by atoms with Crippen molar-refractivity contribution in [1.82, 2.24) is 9.13 Å². The summed E-state index contributed by atoms with van der Waals surface area (Å²) in [5.74, 6) is -0.543. The molecule has 3 rings (SSSR count). The zero-order valence-corrected chi connectivity index (χ0v) is 13.3. The molecule has 0 unspecified atom stereocenters. The lowest BCUT2D eigenvalue weighted by atomic mass is 10.2. The Hall–Kier alpha value is -2.85. The highest BCUT2D eigenvalue weighted by molar-refractivity contribution is 6.30. The van der Waals surface area contributed by atoms with Gasteiger partial charge in [-0.15, -0.1) is 0 Å². The number of hydrogen-bond donors (Lipinski definition) is 1. The minimum Gasteiger partial charge on any atom is -0.324 e. The van der Waals surface area contributed by atoms with Gasteiger partial charge in [0.15, 0.2) is 0 Å². The van der Waals surface area contributed by atoms with Crippen LogP contribution in [0.15, 0.2) is 33.9 Å². The van der Waals surface area contributed by atoms with Gasteiger partial charge in [-0.2, -0.15) is 5.26 Å². The number of benzene rings is 1. The minimum atomic E-state index is -0.725. The Morgan fingerprint density at radius 2 is 2.17 bits per heavy atom. The Kier molecular flexibility index (Phi) is 4.23. The van der Waals surface area contributed by atoms with E-state index in [9.17, 15) is 19.6 Å². The van der Waals surface area contributed by atoms with Gasteiger partial charge in [-0.3, -0.25) is 14.2 Å². The van der Waals surface area contributed by atoms with E-state index in [0.29, 0.717) is 35.8 Å². The SMILES string of the molecule is N#Cc1c2n(c(=O)n(CC(=O)Nc3cccc(Cl)c3)c1=O)CCC2. The highest BCUT2D eigenvalue weighted by Gasteiger charge is 2.23. The summed E-state index contributed by atoms with van der Waals surface area (Å²) in [5.41, 5.74) is -0.436. The molecule has 2 aromatic rings. The molecule has 0 aliphatic carbocycles. The predicted molar refractivity (Wildman–Crippen MR) is 88.1 cm³/mol. The average molecular weight is 345 g/mol. The molecule has 8 heteroatoms. The van der Waals surface area contributed by atoms with Crippen molar-refractivity contribution in [1.29, 1.82) is 5.26 Å². The molecule has 0 spiro atoms. The summed E-state index contributed by atoms with van der Waals surface area (Å²) in [5, 5.41) is 12.2. The fourth-order valence-electron chi connectivity index (χ4n) is 2.80. The predicted octanol–water partition coefficient (Wildman–Crippen LogP) is 1.12. The van der Waals surface area contributed by atoms with Crippen LogP contribution < -0.4 is 16.6 Å². The van der Waals surface area contributed by atoms with Gasteiger partial charge < -0.3 is 5.32 Å². The van der Waals surface area contributed by atoms with E-state index in [-0.39, 0.29) is 5.56 Å². The van der Waals surface area contributed by atoms with Crippen LogP contribution in [0.1, 0.15) is 17.7 Å². The average Bonchev–Trinajstić information content (AvgIpc) is 3.01. The standard InChI is InChI=1S/C16H13ClN4O3/c17-10-3-1-4-11(7-10)19-14(22)9-21-15(23)12(8-18)13-5-2-6-20(13)16(21)24/h1,3-4,7H,2,5-6,9H2,(H,19,22). The van der Waals surface area contributed by atoms with Crippen LogP contribution in [0.25, 0.3) is 0 Å². The Bertz CT molecular complexity index is 984. The number of aromatic nitrogens is 2. The normalized spacial score (nSPS) is 12.5. The second kappa shape index (κ2) is 6.34. The first-order valence-corrected chi connectivity index (χ1v) is 7.71. The Morgan fingerprint density at radius 1 is 1.38 bits per heavy atom. The number of anilines is 1. The molecule has 0 radical (unpaired) electrons. The highest BCUT2D eigenvalue weighted by Crippen LogP contribution is 2.15. The van der Waals surface area contributed by atoms with Crippen LogP contribution in [0.3, 0.4) is 0 Å². The van der Waals surface area contributed by atoms with Crippen molar-refractivity contribution in [2.45, 2.75) is 25.9 Å². The molecule has 2 heterocycles. The second-order valence-electron chi connectivity index (χ2n) is 5.42. The van der Waals surface area contributed by atoms with Crippen molar-refractivity contribution >= 4 is 23.2 Å². The van der Waals surface area contributed by atoms with E-state index in [1.54, 1.807) is 24.3 Å². The Labute approximate surface area is 141 Å². The Balaban J connectivity index is 1.93. The molecule has 1 aromatic carbocycles. The van der Waals surface area contributed by atoms with Crippen molar-refractivity contribution in [2.24, 2.45) is 0 Å². The zero-order chi connectivity index (χ0) is 17.3. The summed E-state index contributed by atoms with van der Waals surface area (Å²) in [6.45, 7) is -0.0157. The molecule has 0 saturated carbocycles. The summed E-state index contributed by atoms with van der Waals surface area (Å²) < 4.78 is 2.19. The molecular weight excluding hydrogens is 332 g/mol. The lowest BCUT2D eigenvalue weighted by Gasteiger charge is -2.11. The van der Waals surface area contributed by atoms with E-state index in [1.165, 1.54) is 4.57 Å². The van der Waals surface area contributed by atoms with E-state index in [4.69, 9.17) is 11.6 Å². The molecule has 1 aliphatic rings. The maximum Gasteiger partial charge on any atom is 0.331 e. The maximum atomic E-state index is 12.4. The number of carbonyl (C=O) groups excluding carboxylic acids is 1. The fourth-order valence-corrected chi connectivity index (χ4v) is 2.99. The summed E-state index contributed by atoms with van der Waals surface area (Å²) in [4.78, 5) is 36.9. The van der Waals surface area contributed by atoms with E-state index in [2.05, 4.69) is 5.32 Å². The van der Waals surface area contributed by atoms with Crippen molar-refractivity contribution < 1.29 is 4.79 Å². The number of hydrogen-bond acceptors (Lipinski definition) is 4. The lowest BCUT2D eigenvalue weighted by Crippen LogP contribution is -2.44. The Morgan fingerprint density at radius 3 is 2.88 bits per heavy atom. The lowest BCUT2D eigenvalue weighted by molar-refractivity contribution is -0.116. The molecule has 7 nitrogen and oxygen atoms in total. The number of carbonyl (C=O) groups is 1. The number of fused-ring (bicyclic) bond motifs is 1. The second-order valence-corrected chi connectivity index (χ2v) is 5.86. The van der Waals surface area contributed by atoms with E-state index in [0.717, 1.165) is 4.57 Å². The number of halogens is 1. The topological polar surface area (TPSA) is 96.9 Å². The van der Waals surface area contributed by atoms with Crippen LogP contribution in [0.5, 0.6) is 0 Å². The van der Waals surface area contributed by atoms with Crippen LogP contribution in [0.4, 0.5) is 5.69 Å². The third kappa shape index (κ3) is 2.84. The molecule has 1 amide bonds. The molecule has 24 heavy (non-hydrogen) atoms. The van der Waals surface area contributed by atoms with Gasteiger partial charge in [-0.1, -0.05) is 17.7 Å². The highest BCUT2D eigenvalue weighted by atomic mass is 35.5. The van der Waals surface area contributed by atoms with Gasteiger partial charge in [0.2, 0.25) is 5.91 Å². The zero-order valence-electron chi connectivity index (χ0n) is 12.6. The van der Waals surface area contributed by atoms with Crippen LogP contribution in [-0.4, -0.2) is 15.0 Å². The molecule has 0 saturated heterocycles. The quantitative estimate of drug-likeness (QED) is 0.902. The molecule has 1 N–H and O–H groups in total. The minimum absolute atomic E-state index is 0.0670. The number of nitrogens with zero attached hydrogens (tertiary/aromatic N) is 3. The first-order chi connectivity index (χ1) is 11.5. The maximum absolute atomic E-state index is 12.4. The summed E-state index contributed by atoms with van der Waals surface area (Å²) >= 11 is 5.85. The third-order valence-corrected chi connectivity index (χ3v) is 4.09. The van der Waals surface area contributed by atoms with Gasteiger partial charge in [-0.25, -0.2) is 9.36 Å². The number of amides is 1. The van der Waals surface area contributed by atoms with Gasteiger partial charge in [0.1, 0.15) is 18.2 Å². The van der Waals surface area contributed by atoms with Gasteiger partial charge in [0, 0.05) is 22.9 Å². The molecule has 1 aliphatic heterocycles. The van der Waals surface area contributed by atoms with Gasteiger partial charge >= 0.3 is 5.69 Å². The molecular formula is C16H13ClN4O3. The van der Waals surface area contributed by atoms with E-state index < -0.39 is 23.7 Å².